The van der Waals surface area contributed by atoms with E-state index >= 15 is 0 Å². The van der Waals surface area contributed by atoms with Crippen LogP contribution in [-0.2, 0) is 13.6 Å². The van der Waals surface area contributed by atoms with Crippen molar-refractivity contribution in [2.45, 2.75) is 25.8 Å². The molecule has 0 amide bonds. The van der Waals surface area contributed by atoms with Gasteiger partial charge in [0.25, 0.3) is 5.56 Å². The van der Waals surface area contributed by atoms with Crippen LogP contribution in [0, 0.1) is 16.7 Å². The predicted octanol–water partition coefficient (Wildman–Crippen LogP) is 0.241. The summed E-state index contributed by atoms with van der Waals surface area (Å²) in [7, 11) is 1.61. The first kappa shape index (κ1) is 10.7. The van der Waals surface area contributed by atoms with Gasteiger partial charge in [0, 0.05) is 37.7 Å². The van der Waals surface area contributed by atoms with Crippen molar-refractivity contribution < 1.29 is 0 Å². The summed E-state index contributed by atoms with van der Waals surface area (Å²) in [4.78, 5) is 23.3. The third kappa shape index (κ3) is 1.78. The van der Waals surface area contributed by atoms with Gasteiger partial charge in [0.15, 0.2) is 0 Å². The Bertz CT molecular complexity index is 558. The quantitative estimate of drug-likeness (QED) is 0.731. The fourth-order valence-corrected chi connectivity index (χ4v) is 1.83. The molecule has 0 radical (unpaired) electrons. The van der Waals surface area contributed by atoms with Crippen molar-refractivity contribution in [1.29, 1.82) is 5.26 Å². The standard InChI is InChI=1S/C11H13N3O2/c1-13-7-2-9(15)14(10(13)16)8-11(3-4-11)5-6-12/h2,7H,3-5,8H2,1H3. The molecule has 1 heterocycles. The van der Waals surface area contributed by atoms with E-state index in [1.165, 1.54) is 21.4 Å². The number of rotatable bonds is 3. The molecule has 0 bridgehead atoms. The van der Waals surface area contributed by atoms with Gasteiger partial charge in [0.1, 0.15) is 0 Å². The van der Waals surface area contributed by atoms with Gasteiger partial charge in [0.05, 0.1) is 6.07 Å². The highest BCUT2D eigenvalue weighted by Gasteiger charge is 2.43. The molecule has 1 fully saturated rings. The van der Waals surface area contributed by atoms with E-state index in [9.17, 15) is 9.59 Å². The summed E-state index contributed by atoms with van der Waals surface area (Å²) < 4.78 is 2.61. The van der Waals surface area contributed by atoms with Crippen LogP contribution in [0.2, 0.25) is 0 Å². The SMILES string of the molecule is Cn1ccc(=O)n(CC2(CC#N)CC2)c1=O. The number of nitrogens with zero attached hydrogens (tertiary/aromatic N) is 3. The normalized spacial score (nSPS) is 16.8. The van der Waals surface area contributed by atoms with Crippen LogP contribution in [0.1, 0.15) is 19.3 Å². The Kier molecular flexibility index (Phi) is 2.43. The van der Waals surface area contributed by atoms with Gasteiger partial charge in [-0.15, -0.1) is 0 Å². The smallest absolute Gasteiger partial charge is 0.303 e. The van der Waals surface area contributed by atoms with Crippen LogP contribution in [0.4, 0.5) is 0 Å². The van der Waals surface area contributed by atoms with E-state index in [0.29, 0.717) is 13.0 Å². The molecule has 1 aliphatic rings. The Hall–Kier alpha value is -1.83. The van der Waals surface area contributed by atoms with Crippen LogP contribution in [0.15, 0.2) is 21.9 Å². The van der Waals surface area contributed by atoms with Crippen molar-refractivity contribution in [3.05, 3.63) is 33.1 Å². The second-order valence-electron chi connectivity index (χ2n) is 4.47. The van der Waals surface area contributed by atoms with E-state index < -0.39 is 0 Å². The molecule has 0 spiro atoms. The maximum Gasteiger partial charge on any atom is 0.330 e. The average molecular weight is 219 g/mol. The molecule has 1 saturated carbocycles. The first-order valence-electron chi connectivity index (χ1n) is 5.21. The van der Waals surface area contributed by atoms with E-state index in [2.05, 4.69) is 6.07 Å². The van der Waals surface area contributed by atoms with Crippen LogP contribution >= 0.6 is 0 Å². The van der Waals surface area contributed by atoms with Crippen molar-refractivity contribution >= 4 is 0 Å². The number of hydrogen-bond donors (Lipinski definition) is 0. The molecule has 0 aromatic carbocycles. The Morgan fingerprint density at radius 1 is 1.50 bits per heavy atom. The van der Waals surface area contributed by atoms with Crippen molar-refractivity contribution in [2.24, 2.45) is 12.5 Å². The lowest BCUT2D eigenvalue weighted by Gasteiger charge is -2.12. The van der Waals surface area contributed by atoms with Crippen LogP contribution in [0.5, 0.6) is 0 Å². The molecule has 0 aliphatic heterocycles. The molecule has 0 atom stereocenters. The molecule has 5 nitrogen and oxygen atoms in total. The van der Waals surface area contributed by atoms with Crippen LogP contribution in [-0.4, -0.2) is 9.13 Å². The molecule has 1 aromatic heterocycles. The second kappa shape index (κ2) is 3.63. The van der Waals surface area contributed by atoms with Gasteiger partial charge in [-0.05, 0) is 12.8 Å². The third-order valence-corrected chi connectivity index (χ3v) is 3.14. The molecule has 0 unspecified atom stereocenters. The lowest BCUT2D eigenvalue weighted by Crippen LogP contribution is -2.40. The van der Waals surface area contributed by atoms with Gasteiger partial charge in [-0.3, -0.25) is 9.36 Å². The topological polar surface area (TPSA) is 67.8 Å². The molecule has 0 N–H and O–H groups in total. The van der Waals surface area contributed by atoms with Crippen molar-refractivity contribution in [3.63, 3.8) is 0 Å². The largest absolute Gasteiger partial charge is 0.330 e. The van der Waals surface area contributed by atoms with Crippen molar-refractivity contribution in [1.82, 2.24) is 9.13 Å². The van der Waals surface area contributed by atoms with E-state index in [4.69, 9.17) is 5.26 Å². The summed E-state index contributed by atoms with van der Waals surface area (Å²) in [6, 6.07) is 3.50. The minimum absolute atomic E-state index is 0.133. The first-order valence-corrected chi connectivity index (χ1v) is 5.21. The molecular weight excluding hydrogens is 206 g/mol. The fraction of sp³-hybridized carbons (Fsp3) is 0.545. The lowest BCUT2D eigenvalue weighted by molar-refractivity contribution is 0.405. The van der Waals surface area contributed by atoms with Gasteiger partial charge >= 0.3 is 5.69 Å². The molecule has 1 aliphatic carbocycles. The zero-order valence-corrected chi connectivity index (χ0v) is 9.14. The van der Waals surface area contributed by atoms with Crippen LogP contribution in [0.3, 0.4) is 0 Å². The summed E-state index contributed by atoms with van der Waals surface area (Å²) in [5.41, 5.74) is -0.726. The Morgan fingerprint density at radius 2 is 2.19 bits per heavy atom. The first-order chi connectivity index (χ1) is 7.58. The second-order valence-corrected chi connectivity index (χ2v) is 4.47. The Balaban J connectivity index is 2.36. The monoisotopic (exact) mass is 219 g/mol. The van der Waals surface area contributed by atoms with Gasteiger partial charge in [-0.1, -0.05) is 0 Å². The highest BCUT2D eigenvalue weighted by atomic mass is 16.2. The Labute approximate surface area is 92.6 Å². The van der Waals surface area contributed by atoms with Gasteiger partial charge in [0.2, 0.25) is 0 Å². The highest BCUT2D eigenvalue weighted by molar-refractivity contribution is 5.00. The van der Waals surface area contributed by atoms with Gasteiger partial charge in [-0.25, -0.2) is 4.79 Å². The maximum absolute atomic E-state index is 11.7. The zero-order chi connectivity index (χ0) is 11.8. The molecule has 1 aromatic rings. The number of aromatic nitrogens is 2. The molecule has 16 heavy (non-hydrogen) atoms. The van der Waals surface area contributed by atoms with E-state index in [1.54, 1.807) is 7.05 Å². The van der Waals surface area contributed by atoms with Crippen molar-refractivity contribution in [3.8, 4) is 6.07 Å². The third-order valence-electron chi connectivity index (χ3n) is 3.14. The minimum Gasteiger partial charge on any atom is -0.303 e. The fourth-order valence-electron chi connectivity index (χ4n) is 1.83. The van der Waals surface area contributed by atoms with Crippen LogP contribution in [0.25, 0.3) is 0 Å². The van der Waals surface area contributed by atoms with Crippen LogP contribution < -0.4 is 11.2 Å². The zero-order valence-electron chi connectivity index (χ0n) is 9.14. The summed E-state index contributed by atoms with van der Waals surface area (Å²) in [5, 5.41) is 8.69. The molecule has 2 rings (SSSR count). The summed E-state index contributed by atoms with van der Waals surface area (Å²) in [6.07, 6.45) is 3.72. The van der Waals surface area contributed by atoms with E-state index in [-0.39, 0.29) is 16.7 Å². The summed E-state index contributed by atoms with van der Waals surface area (Å²) in [5.74, 6) is 0. The average Bonchev–Trinajstić information content (AvgIpc) is 3.00. The van der Waals surface area contributed by atoms with E-state index in [1.807, 2.05) is 0 Å². The van der Waals surface area contributed by atoms with Gasteiger partial charge < -0.3 is 4.57 Å². The maximum atomic E-state index is 11.7. The molecule has 0 saturated heterocycles. The van der Waals surface area contributed by atoms with Gasteiger partial charge in [-0.2, -0.15) is 5.26 Å². The number of aryl methyl sites for hydroxylation is 1. The summed E-state index contributed by atoms with van der Waals surface area (Å²) in [6.45, 7) is 0.368. The van der Waals surface area contributed by atoms with Crippen molar-refractivity contribution in [2.75, 3.05) is 0 Å². The predicted molar refractivity (Wildman–Crippen MR) is 57.8 cm³/mol. The summed E-state index contributed by atoms with van der Waals surface area (Å²) >= 11 is 0. The number of hydrogen-bond acceptors (Lipinski definition) is 3. The number of nitriles is 1. The lowest BCUT2D eigenvalue weighted by atomic mass is 10.0. The highest BCUT2D eigenvalue weighted by Crippen LogP contribution is 2.49. The molecule has 84 valence electrons. The van der Waals surface area contributed by atoms with E-state index in [0.717, 1.165) is 12.8 Å². The Morgan fingerprint density at radius 3 is 2.75 bits per heavy atom. The molecular formula is C11H13N3O2. The minimum atomic E-state index is -0.309. The molecule has 5 heteroatoms.